The van der Waals surface area contributed by atoms with Crippen LogP contribution in [0.15, 0.2) is 96.4 Å². The van der Waals surface area contributed by atoms with Crippen LogP contribution in [0.1, 0.15) is 32.7 Å². The van der Waals surface area contributed by atoms with Crippen molar-refractivity contribution in [2.45, 2.75) is 24.4 Å². The molecule has 2 aromatic carbocycles. The van der Waals surface area contributed by atoms with E-state index in [1.807, 2.05) is 49.4 Å². The molecule has 40 heavy (non-hydrogen) atoms. The number of aryl methyl sites for hydroxylation is 1. The number of hydrogen-bond acceptors (Lipinski definition) is 7. The standard InChI is InChI=1S/C32H34N6OS/c1-25-21-30(38-19-17-37(18-20-38)16-6-10-26-7-3-2-4-8-26)36-32(35-25)40-24-27-11-13-29(14-12-27)31(39)34-23-28-9-5-15-33-22-28/h2-15,21-22H,16-20,23-24H2,1H3,(H,34,39)/b10-6+. The smallest absolute Gasteiger partial charge is 0.251 e. The van der Waals surface area contributed by atoms with Crippen molar-refractivity contribution >= 4 is 29.6 Å². The number of carbonyl (C=O) groups is 1. The first-order valence-corrected chi connectivity index (χ1v) is 14.5. The lowest BCUT2D eigenvalue weighted by atomic mass is 10.1. The van der Waals surface area contributed by atoms with Crippen LogP contribution in [0, 0.1) is 6.92 Å². The lowest BCUT2D eigenvalue weighted by molar-refractivity contribution is 0.0951. The molecule has 5 rings (SSSR count). The summed E-state index contributed by atoms with van der Waals surface area (Å²) in [5.74, 6) is 1.64. The van der Waals surface area contributed by atoms with E-state index in [1.165, 1.54) is 5.56 Å². The fourth-order valence-electron chi connectivity index (χ4n) is 4.50. The molecule has 0 radical (unpaired) electrons. The van der Waals surface area contributed by atoms with Gasteiger partial charge in [0.1, 0.15) is 5.82 Å². The van der Waals surface area contributed by atoms with Crippen LogP contribution < -0.4 is 10.2 Å². The van der Waals surface area contributed by atoms with Crippen molar-refractivity contribution in [1.82, 2.24) is 25.2 Å². The Morgan fingerprint density at radius 2 is 1.75 bits per heavy atom. The normalized spacial score (nSPS) is 14.0. The molecule has 0 aliphatic carbocycles. The number of amides is 1. The van der Waals surface area contributed by atoms with Gasteiger partial charge in [-0.25, -0.2) is 9.97 Å². The zero-order valence-electron chi connectivity index (χ0n) is 22.7. The zero-order chi connectivity index (χ0) is 27.6. The minimum atomic E-state index is -0.0953. The summed E-state index contributed by atoms with van der Waals surface area (Å²) in [5.41, 5.74) is 4.94. The van der Waals surface area contributed by atoms with Gasteiger partial charge in [-0.3, -0.25) is 14.7 Å². The molecule has 1 fully saturated rings. The van der Waals surface area contributed by atoms with Gasteiger partial charge in [-0.15, -0.1) is 0 Å². The van der Waals surface area contributed by atoms with E-state index in [4.69, 9.17) is 4.98 Å². The molecule has 1 N–H and O–H groups in total. The van der Waals surface area contributed by atoms with Gasteiger partial charge < -0.3 is 10.2 Å². The number of thioether (sulfide) groups is 1. The van der Waals surface area contributed by atoms with Gasteiger partial charge in [0.2, 0.25) is 0 Å². The number of piperazine rings is 1. The first kappa shape index (κ1) is 27.6. The molecule has 0 atom stereocenters. The molecular formula is C32H34N6OS. The third-order valence-corrected chi connectivity index (χ3v) is 7.67. The molecule has 7 nitrogen and oxygen atoms in total. The molecule has 3 heterocycles. The van der Waals surface area contributed by atoms with Gasteiger partial charge in [0.05, 0.1) is 0 Å². The number of rotatable bonds is 10. The molecule has 0 unspecified atom stereocenters. The fraction of sp³-hybridized carbons (Fsp3) is 0.250. The van der Waals surface area contributed by atoms with E-state index in [0.717, 1.165) is 66.3 Å². The maximum atomic E-state index is 12.5. The van der Waals surface area contributed by atoms with E-state index in [0.29, 0.717) is 12.1 Å². The first-order valence-electron chi connectivity index (χ1n) is 13.6. The van der Waals surface area contributed by atoms with Crippen molar-refractivity contribution in [2.24, 2.45) is 0 Å². The van der Waals surface area contributed by atoms with Crippen LogP contribution >= 0.6 is 11.8 Å². The molecule has 1 amide bonds. The lowest BCUT2D eigenvalue weighted by Crippen LogP contribution is -2.46. The van der Waals surface area contributed by atoms with Crippen LogP contribution in [0.4, 0.5) is 5.82 Å². The summed E-state index contributed by atoms with van der Waals surface area (Å²) in [7, 11) is 0. The third-order valence-electron chi connectivity index (χ3n) is 6.75. The average Bonchev–Trinajstić information content (AvgIpc) is 3.00. The van der Waals surface area contributed by atoms with E-state index >= 15 is 0 Å². The number of hydrogen-bond donors (Lipinski definition) is 1. The maximum absolute atomic E-state index is 12.5. The molecule has 204 valence electrons. The quantitative estimate of drug-likeness (QED) is 0.214. The van der Waals surface area contributed by atoms with E-state index in [-0.39, 0.29) is 5.91 Å². The molecule has 1 aliphatic rings. The van der Waals surface area contributed by atoms with Gasteiger partial charge in [-0.2, -0.15) is 0 Å². The van der Waals surface area contributed by atoms with Crippen LogP contribution in [0.5, 0.6) is 0 Å². The second kappa shape index (κ2) is 13.9. The van der Waals surface area contributed by atoms with E-state index in [9.17, 15) is 4.79 Å². The van der Waals surface area contributed by atoms with Crippen molar-refractivity contribution in [3.8, 4) is 0 Å². The monoisotopic (exact) mass is 550 g/mol. The molecule has 1 aliphatic heterocycles. The lowest BCUT2D eigenvalue weighted by Gasteiger charge is -2.35. The Morgan fingerprint density at radius 1 is 0.950 bits per heavy atom. The predicted molar refractivity (Wildman–Crippen MR) is 162 cm³/mol. The Labute approximate surface area is 240 Å². The Bertz CT molecular complexity index is 1400. The number of nitrogens with zero attached hydrogens (tertiary/aromatic N) is 5. The molecule has 1 saturated heterocycles. The molecule has 0 spiro atoms. The van der Waals surface area contributed by atoms with Gasteiger partial charge in [-0.05, 0) is 41.8 Å². The van der Waals surface area contributed by atoms with Crippen molar-refractivity contribution in [2.75, 3.05) is 37.6 Å². The van der Waals surface area contributed by atoms with Crippen LogP contribution in [0.3, 0.4) is 0 Å². The number of nitrogens with one attached hydrogen (secondary N) is 1. The molecule has 2 aromatic heterocycles. The van der Waals surface area contributed by atoms with Gasteiger partial charge in [-0.1, -0.05) is 72.4 Å². The summed E-state index contributed by atoms with van der Waals surface area (Å²) in [6.45, 7) is 7.35. The predicted octanol–water partition coefficient (Wildman–Crippen LogP) is 5.24. The second-order valence-corrected chi connectivity index (χ2v) is 10.7. The Morgan fingerprint density at radius 3 is 2.50 bits per heavy atom. The minimum absolute atomic E-state index is 0.0953. The van der Waals surface area contributed by atoms with E-state index < -0.39 is 0 Å². The fourth-order valence-corrected chi connectivity index (χ4v) is 5.36. The van der Waals surface area contributed by atoms with Crippen LogP contribution in [0.2, 0.25) is 0 Å². The Balaban J connectivity index is 1.10. The molecule has 8 heteroatoms. The Kier molecular flexibility index (Phi) is 9.55. The number of anilines is 1. The van der Waals surface area contributed by atoms with Crippen LogP contribution in [-0.2, 0) is 12.3 Å². The maximum Gasteiger partial charge on any atom is 0.251 e. The van der Waals surface area contributed by atoms with Crippen molar-refractivity contribution in [1.29, 1.82) is 0 Å². The SMILES string of the molecule is Cc1cc(N2CCN(C/C=C/c3ccccc3)CC2)nc(SCc2ccc(C(=O)NCc3cccnc3)cc2)n1. The van der Waals surface area contributed by atoms with Crippen LogP contribution in [-0.4, -0.2) is 58.5 Å². The highest BCUT2D eigenvalue weighted by atomic mass is 32.2. The second-order valence-electron chi connectivity index (χ2n) is 9.78. The van der Waals surface area contributed by atoms with Crippen molar-refractivity contribution in [3.05, 3.63) is 119 Å². The van der Waals surface area contributed by atoms with E-state index in [2.05, 4.69) is 67.6 Å². The first-order chi connectivity index (χ1) is 19.6. The highest BCUT2D eigenvalue weighted by Crippen LogP contribution is 2.24. The summed E-state index contributed by atoms with van der Waals surface area (Å²) in [6, 6.07) is 24.0. The molecule has 0 bridgehead atoms. The summed E-state index contributed by atoms with van der Waals surface area (Å²) in [5, 5.41) is 3.72. The number of pyridine rings is 1. The average molecular weight is 551 g/mol. The van der Waals surface area contributed by atoms with Crippen molar-refractivity contribution < 1.29 is 4.79 Å². The number of benzene rings is 2. The molecular weight excluding hydrogens is 516 g/mol. The van der Waals surface area contributed by atoms with Gasteiger partial charge in [0, 0.05) is 74.7 Å². The highest BCUT2D eigenvalue weighted by Gasteiger charge is 2.18. The summed E-state index contributed by atoms with van der Waals surface area (Å²) in [4.78, 5) is 30.9. The van der Waals surface area contributed by atoms with Crippen LogP contribution in [0.25, 0.3) is 6.08 Å². The minimum Gasteiger partial charge on any atom is -0.354 e. The Hall–Kier alpha value is -4.01. The summed E-state index contributed by atoms with van der Waals surface area (Å²) < 4.78 is 0. The largest absolute Gasteiger partial charge is 0.354 e. The molecule has 0 saturated carbocycles. The van der Waals surface area contributed by atoms with Gasteiger partial charge >= 0.3 is 0 Å². The van der Waals surface area contributed by atoms with Gasteiger partial charge in [0.25, 0.3) is 5.91 Å². The number of aromatic nitrogens is 3. The summed E-state index contributed by atoms with van der Waals surface area (Å²) in [6.07, 6.45) is 7.91. The highest BCUT2D eigenvalue weighted by molar-refractivity contribution is 7.98. The topological polar surface area (TPSA) is 74.2 Å². The van der Waals surface area contributed by atoms with E-state index in [1.54, 1.807) is 24.2 Å². The molecule has 4 aromatic rings. The van der Waals surface area contributed by atoms with Crippen molar-refractivity contribution in [3.63, 3.8) is 0 Å². The summed E-state index contributed by atoms with van der Waals surface area (Å²) >= 11 is 1.62. The van der Waals surface area contributed by atoms with Gasteiger partial charge in [0.15, 0.2) is 5.16 Å². The zero-order valence-corrected chi connectivity index (χ0v) is 23.6. The number of carbonyl (C=O) groups excluding carboxylic acids is 1. The third kappa shape index (κ3) is 8.00.